The summed E-state index contributed by atoms with van der Waals surface area (Å²) in [5, 5.41) is 0. The zero-order chi connectivity index (χ0) is 34.6. The molecule has 0 radical (unpaired) electrons. The average Bonchev–Trinajstić information content (AvgIpc) is 3.14. The Labute approximate surface area is 302 Å². The number of hydrogen-bond donors (Lipinski definition) is 0. The fraction of sp³-hybridized carbons (Fsp3) is 0.617. The Bertz CT molecular complexity index is 1180. The molecule has 49 heavy (non-hydrogen) atoms. The minimum atomic E-state index is 0.120. The largest absolute Gasteiger partial charge is 0.494 e. The van der Waals surface area contributed by atoms with Gasteiger partial charge in [-0.2, -0.15) is 0 Å². The Morgan fingerprint density at radius 2 is 0.776 bits per heavy atom. The molecule has 0 N–H and O–H groups in total. The van der Waals surface area contributed by atoms with Crippen LogP contribution in [0.4, 0.5) is 0 Å². The fourth-order valence-electron chi connectivity index (χ4n) is 6.91. The Morgan fingerprint density at radius 1 is 0.408 bits per heavy atom. The minimum absolute atomic E-state index is 0.120. The summed E-state index contributed by atoms with van der Waals surface area (Å²) in [5.41, 5.74) is 6.22. The second-order valence-corrected chi connectivity index (χ2v) is 14.5. The summed E-state index contributed by atoms with van der Waals surface area (Å²) in [6.45, 7) is 8.42. The molecule has 0 fully saturated rings. The van der Waals surface area contributed by atoms with Crippen LogP contribution in [-0.2, 0) is 4.74 Å². The van der Waals surface area contributed by atoms with Crippen LogP contribution in [-0.4, -0.2) is 13.2 Å². The van der Waals surface area contributed by atoms with Crippen molar-refractivity contribution in [1.29, 1.82) is 0 Å². The molecule has 1 unspecified atom stereocenters. The van der Waals surface area contributed by atoms with Crippen LogP contribution in [0.15, 0.2) is 72.8 Å². The van der Waals surface area contributed by atoms with Crippen molar-refractivity contribution < 1.29 is 9.47 Å². The first kappa shape index (κ1) is 40.8. The van der Waals surface area contributed by atoms with Crippen molar-refractivity contribution >= 4 is 0 Å². The van der Waals surface area contributed by atoms with Crippen molar-refractivity contribution in [2.75, 3.05) is 13.2 Å². The lowest BCUT2D eigenvalue weighted by atomic mass is 9.94. The van der Waals surface area contributed by atoms with Crippen molar-refractivity contribution in [3.8, 4) is 28.0 Å². The molecule has 0 aliphatic carbocycles. The molecule has 1 atom stereocenters. The minimum Gasteiger partial charge on any atom is -0.494 e. The predicted octanol–water partition coefficient (Wildman–Crippen LogP) is 15.5. The smallest absolute Gasteiger partial charge is 0.119 e. The van der Waals surface area contributed by atoms with Crippen molar-refractivity contribution in [1.82, 2.24) is 0 Å². The standard InChI is InChI=1S/C47H72O2/c1-4-6-8-10-12-14-16-17-18-20-21-23-27-39-48-41(3)42-31-33-43(34-32-42)46-29-25-26-30-47(46)44-35-37-45(38-36-44)49-40-28-24-22-19-15-13-11-9-7-5-2/h25-26,29-38,41H,4-24,27-28,39-40H2,1-3H3. The normalized spacial score (nSPS) is 12.0. The monoisotopic (exact) mass is 669 g/mol. The van der Waals surface area contributed by atoms with E-state index >= 15 is 0 Å². The van der Waals surface area contributed by atoms with Crippen LogP contribution in [0, 0.1) is 0 Å². The Balaban J connectivity index is 1.32. The van der Waals surface area contributed by atoms with Crippen LogP contribution in [0.3, 0.4) is 0 Å². The highest BCUT2D eigenvalue weighted by Crippen LogP contribution is 2.34. The van der Waals surface area contributed by atoms with E-state index < -0.39 is 0 Å². The van der Waals surface area contributed by atoms with E-state index in [1.165, 1.54) is 163 Å². The van der Waals surface area contributed by atoms with Crippen LogP contribution in [0.25, 0.3) is 22.3 Å². The molecule has 3 aromatic carbocycles. The maximum atomic E-state index is 6.24. The fourth-order valence-corrected chi connectivity index (χ4v) is 6.91. The summed E-state index contributed by atoms with van der Waals surface area (Å²) >= 11 is 0. The lowest BCUT2D eigenvalue weighted by Gasteiger charge is -2.15. The lowest BCUT2D eigenvalue weighted by molar-refractivity contribution is 0.0627. The van der Waals surface area contributed by atoms with Crippen molar-refractivity contribution in [2.24, 2.45) is 0 Å². The zero-order valence-electron chi connectivity index (χ0n) is 32.0. The molecule has 0 aliphatic heterocycles. The zero-order valence-corrected chi connectivity index (χ0v) is 32.0. The summed E-state index contributed by atoms with van der Waals surface area (Å²) in [7, 11) is 0. The lowest BCUT2D eigenvalue weighted by Crippen LogP contribution is -2.02. The quantitative estimate of drug-likeness (QED) is 0.0658. The molecule has 0 bridgehead atoms. The maximum Gasteiger partial charge on any atom is 0.119 e. The average molecular weight is 669 g/mol. The van der Waals surface area contributed by atoms with Gasteiger partial charge in [-0.1, -0.05) is 209 Å². The Hall–Kier alpha value is -2.58. The molecule has 0 heterocycles. The van der Waals surface area contributed by atoms with E-state index in [4.69, 9.17) is 9.47 Å². The van der Waals surface area contributed by atoms with E-state index in [0.717, 1.165) is 31.8 Å². The highest BCUT2D eigenvalue weighted by atomic mass is 16.5. The molecule has 2 nitrogen and oxygen atoms in total. The summed E-state index contributed by atoms with van der Waals surface area (Å²) in [5.74, 6) is 0.967. The van der Waals surface area contributed by atoms with Gasteiger partial charge in [0.2, 0.25) is 0 Å². The van der Waals surface area contributed by atoms with Gasteiger partial charge < -0.3 is 9.47 Å². The van der Waals surface area contributed by atoms with E-state index in [1.54, 1.807) is 0 Å². The number of unbranched alkanes of at least 4 members (excludes halogenated alkanes) is 21. The topological polar surface area (TPSA) is 18.5 Å². The number of ether oxygens (including phenoxy) is 2. The van der Waals surface area contributed by atoms with E-state index in [9.17, 15) is 0 Å². The molecule has 3 rings (SSSR count). The highest BCUT2D eigenvalue weighted by molar-refractivity contribution is 5.83. The van der Waals surface area contributed by atoms with Crippen LogP contribution in [0.2, 0.25) is 0 Å². The molecule has 0 aromatic heterocycles. The predicted molar refractivity (Wildman–Crippen MR) is 215 cm³/mol. The van der Waals surface area contributed by atoms with Crippen LogP contribution in [0.5, 0.6) is 5.75 Å². The molecule has 0 saturated heterocycles. The van der Waals surface area contributed by atoms with Gasteiger partial charge in [-0.15, -0.1) is 0 Å². The molecule has 0 saturated carbocycles. The molecule has 272 valence electrons. The highest BCUT2D eigenvalue weighted by Gasteiger charge is 2.10. The van der Waals surface area contributed by atoms with Gasteiger partial charge in [0, 0.05) is 6.61 Å². The van der Waals surface area contributed by atoms with Crippen LogP contribution in [0.1, 0.15) is 180 Å². The first-order chi connectivity index (χ1) is 24.2. The van der Waals surface area contributed by atoms with Crippen LogP contribution < -0.4 is 4.74 Å². The van der Waals surface area contributed by atoms with Gasteiger partial charge in [-0.05, 0) is 59.7 Å². The summed E-state index contributed by atoms with van der Waals surface area (Å²) in [6, 6.07) is 26.4. The summed E-state index contributed by atoms with van der Waals surface area (Å²) < 4.78 is 12.3. The van der Waals surface area contributed by atoms with Crippen molar-refractivity contribution in [3.05, 3.63) is 78.4 Å². The molecular weight excluding hydrogens is 597 g/mol. The molecule has 2 heteroatoms. The van der Waals surface area contributed by atoms with Crippen molar-refractivity contribution in [3.63, 3.8) is 0 Å². The molecule has 0 spiro atoms. The Kier molecular flexibility index (Phi) is 22.7. The van der Waals surface area contributed by atoms with E-state index in [-0.39, 0.29) is 6.10 Å². The van der Waals surface area contributed by atoms with Gasteiger partial charge >= 0.3 is 0 Å². The SMILES string of the molecule is CCCCCCCCCCCCCCCOC(C)c1ccc(-c2ccccc2-c2ccc(OCCCCCCCCCCCC)cc2)cc1. The summed E-state index contributed by atoms with van der Waals surface area (Å²) in [4.78, 5) is 0. The van der Waals surface area contributed by atoms with Gasteiger partial charge in [-0.25, -0.2) is 0 Å². The van der Waals surface area contributed by atoms with Gasteiger partial charge in [0.1, 0.15) is 5.75 Å². The van der Waals surface area contributed by atoms with Crippen LogP contribution >= 0.6 is 0 Å². The number of hydrogen-bond acceptors (Lipinski definition) is 2. The second-order valence-electron chi connectivity index (χ2n) is 14.5. The first-order valence-corrected chi connectivity index (χ1v) is 20.8. The molecular formula is C47H72O2. The van der Waals surface area contributed by atoms with E-state index in [2.05, 4.69) is 93.6 Å². The molecule has 0 aliphatic rings. The third-order valence-electron chi connectivity index (χ3n) is 10.2. The summed E-state index contributed by atoms with van der Waals surface area (Å²) in [6.07, 6.45) is 31.5. The third-order valence-corrected chi connectivity index (χ3v) is 10.2. The van der Waals surface area contributed by atoms with Gasteiger partial charge in [-0.3, -0.25) is 0 Å². The van der Waals surface area contributed by atoms with Gasteiger partial charge in [0.05, 0.1) is 12.7 Å². The van der Waals surface area contributed by atoms with Gasteiger partial charge in [0.25, 0.3) is 0 Å². The third kappa shape index (κ3) is 17.8. The van der Waals surface area contributed by atoms with Crippen molar-refractivity contribution in [2.45, 2.75) is 175 Å². The second kappa shape index (κ2) is 27.2. The maximum absolute atomic E-state index is 6.24. The molecule has 0 amide bonds. The van der Waals surface area contributed by atoms with E-state index in [1.807, 2.05) is 0 Å². The van der Waals surface area contributed by atoms with Gasteiger partial charge in [0.15, 0.2) is 0 Å². The van der Waals surface area contributed by atoms with E-state index in [0.29, 0.717) is 0 Å². The number of rotatable bonds is 30. The first-order valence-electron chi connectivity index (χ1n) is 20.8. The molecule has 3 aromatic rings. The number of benzene rings is 3. The Morgan fingerprint density at radius 3 is 1.20 bits per heavy atom.